The number of nitrogen functional groups attached to an aromatic ring is 1. The molecule has 0 fully saturated rings. The van der Waals surface area contributed by atoms with Crippen LogP contribution in [0.25, 0.3) is 0 Å². The number of nitrogens with two attached hydrogens (primary N) is 1. The van der Waals surface area contributed by atoms with Crippen molar-refractivity contribution >= 4 is 17.3 Å². The molecule has 0 unspecified atom stereocenters. The van der Waals surface area contributed by atoms with E-state index in [9.17, 15) is 4.39 Å². The van der Waals surface area contributed by atoms with Gasteiger partial charge in [0.05, 0.1) is 23.2 Å². The first-order chi connectivity index (χ1) is 6.65. The van der Waals surface area contributed by atoms with Gasteiger partial charge < -0.3 is 5.73 Å². The molecule has 0 heterocycles. The lowest BCUT2D eigenvalue weighted by molar-refractivity contribution is 0.632. The standard InChI is InChI=1S/C10H6ClFN2/c11-8-6-10(14)9(12)5-7(8)3-1-2-4-13/h5-6H,2,14H2. The molecule has 2 nitrogen and oxygen atoms in total. The first-order valence-electron chi connectivity index (χ1n) is 3.75. The molecule has 0 saturated heterocycles. The van der Waals surface area contributed by atoms with Crippen LogP contribution in [0, 0.1) is 29.0 Å². The van der Waals surface area contributed by atoms with E-state index in [1.807, 2.05) is 6.07 Å². The van der Waals surface area contributed by atoms with Crippen LogP contribution < -0.4 is 5.73 Å². The number of hydrogen-bond donors (Lipinski definition) is 1. The molecule has 0 aliphatic carbocycles. The second-order valence-electron chi connectivity index (χ2n) is 2.49. The molecule has 0 aliphatic heterocycles. The molecule has 4 heteroatoms. The Balaban J connectivity index is 3.07. The van der Waals surface area contributed by atoms with Crippen molar-refractivity contribution in [2.75, 3.05) is 5.73 Å². The number of rotatable bonds is 0. The maximum Gasteiger partial charge on any atom is 0.147 e. The fraction of sp³-hybridized carbons (Fsp3) is 0.100. The van der Waals surface area contributed by atoms with Crippen LogP contribution in [0.5, 0.6) is 0 Å². The molecular weight excluding hydrogens is 203 g/mol. The van der Waals surface area contributed by atoms with Gasteiger partial charge in [-0.3, -0.25) is 0 Å². The minimum absolute atomic E-state index is 0.0131. The molecule has 0 amide bonds. The van der Waals surface area contributed by atoms with Gasteiger partial charge in [-0.25, -0.2) is 4.39 Å². The molecule has 1 aromatic carbocycles. The molecule has 70 valence electrons. The predicted octanol–water partition coefficient (Wildman–Crippen LogP) is 2.33. The Bertz CT molecular complexity index is 452. The molecule has 14 heavy (non-hydrogen) atoms. The smallest absolute Gasteiger partial charge is 0.147 e. The van der Waals surface area contributed by atoms with Crippen LogP contribution in [0.15, 0.2) is 12.1 Å². The third kappa shape index (κ3) is 2.39. The van der Waals surface area contributed by atoms with Gasteiger partial charge in [0.25, 0.3) is 0 Å². The molecular formula is C10H6ClFN2. The predicted molar refractivity (Wildman–Crippen MR) is 52.9 cm³/mol. The summed E-state index contributed by atoms with van der Waals surface area (Å²) in [6.45, 7) is 0. The lowest BCUT2D eigenvalue weighted by Crippen LogP contribution is -1.91. The highest BCUT2D eigenvalue weighted by molar-refractivity contribution is 6.32. The van der Waals surface area contributed by atoms with E-state index in [0.29, 0.717) is 5.56 Å². The van der Waals surface area contributed by atoms with Gasteiger partial charge >= 0.3 is 0 Å². The van der Waals surface area contributed by atoms with Gasteiger partial charge in [-0.1, -0.05) is 23.4 Å². The number of benzene rings is 1. The van der Waals surface area contributed by atoms with E-state index in [1.165, 1.54) is 6.07 Å². The van der Waals surface area contributed by atoms with Crippen molar-refractivity contribution in [3.8, 4) is 17.9 Å². The van der Waals surface area contributed by atoms with Crippen molar-refractivity contribution in [1.82, 2.24) is 0 Å². The molecule has 0 radical (unpaired) electrons. The Labute approximate surface area is 86.1 Å². The van der Waals surface area contributed by atoms with Crippen molar-refractivity contribution < 1.29 is 4.39 Å². The molecule has 0 bridgehead atoms. The monoisotopic (exact) mass is 208 g/mol. The van der Waals surface area contributed by atoms with Crippen LogP contribution in [-0.2, 0) is 0 Å². The van der Waals surface area contributed by atoms with Crippen LogP contribution in [0.4, 0.5) is 10.1 Å². The van der Waals surface area contributed by atoms with Crippen LogP contribution in [0.2, 0.25) is 5.02 Å². The Kier molecular flexibility index (Phi) is 3.34. The van der Waals surface area contributed by atoms with Crippen LogP contribution in [0.3, 0.4) is 0 Å². The van der Waals surface area contributed by atoms with E-state index >= 15 is 0 Å². The third-order valence-electron chi connectivity index (χ3n) is 1.48. The zero-order valence-corrected chi connectivity index (χ0v) is 7.90. The minimum Gasteiger partial charge on any atom is -0.396 e. The van der Waals surface area contributed by atoms with Gasteiger partial charge in [-0.2, -0.15) is 5.26 Å². The summed E-state index contributed by atoms with van der Waals surface area (Å²) < 4.78 is 13.0. The van der Waals surface area contributed by atoms with Gasteiger partial charge in [0.1, 0.15) is 5.82 Å². The van der Waals surface area contributed by atoms with E-state index in [-0.39, 0.29) is 17.1 Å². The van der Waals surface area contributed by atoms with E-state index in [0.717, 1.165) is 6.07 Å². The maximum atomic E-state index is 13.0. The first kappa shape index (κ1) is 10.4. The van der Waals surface area contributed by atoms with Crippen LogP contribution in [-0.4, -0.2) is 0 Å². The highest BCUT2D eigenvalue weighted by Gasteiger charge is 2.03. The first-order valence-corrected chi connectivity index (χ1v) is 4.13. The Morgan fingerprint density at radius 2 is 2.21 bits per heavy atom. The lowest BCUT2D eigenvalue weighted by atomic mass is 10.2. The maximum absolute atomic E-state index is 13.0. The summed E-state index contributed by atoms with van der Waals surface area (Å²) in [6, 6.07) is 4.30. The lowest BCUT2D eigenvalue weighted by Gasteiger charge is -1.99. The number of hydrogen-bond acceptors (Lipinski definition) is 2. The summed E-state index contributed by atoms with van der Waals surface area (Å²) in [5.41, 5.74) is 5.61. The van der Waals surface area contributed by atoms with Gasteiger partial charge in [0, 0.05) is 5.56 Å². The zero-order valence-electron chi connectivity index (χ0n) is 7.14. The summed E-state index contributed by atoms with van der Waals surface area (Å²) in [5, 5.41) is 8.52. The summed E-state index contributed by atoms with van der Waals surface area (Å²) >= 11 is 5.75. The molecule has 0 aliphatic rings. The zero-order chi connectivity index (χ0) is 10.6. The number of nitrogens with zero attached hydrogens (tertiary/aromatic N) is 1. The number of anilines is 1. The number of nitriles is 1. The molecule has 1 rings (SSSR count). The topological polar surface area (TPSA) is 49.8 Å². The van der Waals surface area contributed by atoms with Gasteiger partial charge in [-0.05, 0) is 12.1 Å². The fourth-order valence-electron chi connectivity index (χ4n) is 0.837. The highest BCUT2D eigenvalue weighted by Crippen LogP contribution is 2.21. The highest BCUT2D eigenvalue weighted by atomic mass is 35.5. The number of halogens is 2. The quantitative estimate of drug-likeness (QED) is 0.526. The summed E-state index contributed by atoms with van der Waals surface area (Å²) in [5.74, 6) is 4.56. The Hall–Kier alpha value is -1.71. The Morgan fingerprint density at radius 1 is 1.50 bits per heavy atom. The van der Waals surface area contributed by atoms with Crippen molar-refractivity contribution in [3.05, 3.63) is 28.5 Å². The molecule has 0 spiro atoms. The average Bonchev–Trinajstić information content (AvgIpc) is 2.14. The second-order valence-corrected chi connectivity index (χ2v) is 2.90. The molecule has 1 aromatic rings. The van der Waals surface area contributed by atoms with Crippen LogP contribution in [0.1, 0.15) is 12.0 Å². The third-order valence-corrected chi connectivity index (χ3v) is 1.79. The van der Waals surface area contributed by atoms with E-state index in [2.05, 4.69) is 11.8 Å². The Morgan fingerprint density at radius 3 is 2.86 bits per heavy atom. The van der Waals surface area contributed by atoms with Crippen LogP contribution >= 0.6 is 11.6 Å². The van der Waals surface area contributed by atoms with E-state index < -0.39 is 5.82 Å². The van der Waals surface area contributed by atoms with Crippen molar-refractivity contribution in [1.29, 1.82) is 5.26 Å². The van der Waals surface area contributed by atoms with Gasteiger partial charge in [-0.15, -0.1) is 0 Å². The fourth-order valence-corrected chi connectivity index (χ4v) is 1.06. The van der Waals surface area contributed by atoms with Gasteiger partial charge in [0.15, 0.2) is 0 Å². The van der Waals surface area contributed by atoms with Gasteiger partial charge in [0.2, 0.25) is 0 Å². The van der Waals surface area contributed by atoms with E-state index in [1.54, 1.807) is 0 Å². The average molecular weight is 209 g/mol. The van der Waals surface area contributed by atoms with Crippen molar-refractivity contribution in [2.24, 2.45) is 0 Å². The van der Waals surface area contributed by atoms with E-state index in [4.69, 9.17) is 22.6 Å². The normalized spacial score (nSPS) is 8.64. The van der Waals surface area contributed by atoms with Crippen molar-refractivity contribution in [3.63, 3.8) is 0 Å². The summed E-state index contributed by atoms with van der Waals surface area (Å²) in [4.78, 5) is 0. The minimum atomic E-state index is -0.560. The SMILES string of the molecule is N#CCC#Cc1cc(F)c(N)cc1Cl. The molecule has 0 saturated carbocycles. The van der Waals surface area contributed by atoms with Crippen molar-refractivity contribution in [2.45, 2.75) is 6.42 Å². The second kappa shape index (κ2) is 4.50. The summed E-state index contributed by atoms with van der Waals surface area (Å²) in [7, 11) is 0. The molecule has 0 atom stereocenters. The molecule has 0 aromatic heterocycles. The molecule has 2 N–H and O–H groups in total. The largest absolute Gasteiger partial charge is 0.396 e. The summed E-state index contributed by atoms with van der Waals surface area (Å²) in [6.07, 6.45) is 0.0856.